The molecular weight excluding hydrogens is 464 g/mol. The number of amides is 1. The molecule has 0 bridgehead atoms. The quantitative estimate of drug-likeness (QED) is 0.372. The molecule has 34 heavy (non-hydrogen) atoms. The van der Waals surface area contributed by atoms with Crippen molar-refractivity contribution in [2.45, 2.75) is 50.5 Å². The Morgan fingerprint density at radius 1 is 1.03 bits per heavy atom. The van der Waals surface area contributed by atoms with Gasteiger partial charge >= 0.3 is 0 Å². The maximum absolute atomic E-state index is 13.8. The fourth-order valence-corrected chi connectivity index (χ4v) is 6.97. The number of rotatable bonds is 9. The van der Waals surface area contributed by atoms with E-state index in [0.29, 0.717) is 13.1 Å². The van der Waals surface area contributed by atoms with Crippen molar-refractivity contribution >= 4 is 27.3 Å². The molecule has 0 N–H and O–H groups in total. The molecule has 0 spiro atoms. The minimum absolute atomic E-state index is 0.150. The monoisotopic (exact) mass is 496 g/mol. The maximum Gasteiger partial charge on any atom is 0.243 e. The fourth-order valence-electron chi connectivity index (χ4n) is 4.62. The van der Waals surface area contributed by atoms with Gasteiger partial charge < -0.3 is 4.90 Å². The van der Waals surface area contributed by atoms with Gasteiger partial charge in [0.1, 0.15) is 0 Å². The highest BCUT2D eigenvalue weighted by Gasteiger charge is 2.36. The van der Waals surface area contributed by atoms with E-state index < -0.39 is 10.0 Å². The summed E-state index contributed by atoms with van der Waals surface area (Å²) in [6, 6.07) is 18.5. The molecule has 0 fully saturated rings. The van der Waals surface area contributed by atoms with Crippen LogP contribution in [0.15, 0.2) is 70.9 Å². The first-order valence-electron chi connectivity index (χ1n) is 11.9. The van der Waals surface area contributed by atoms with Crippen molar-refractivity contribution in [2.75, 3.05) is 19.6 Å². The van der Waals surface area contributed by atoms with Gasteiger partial charge in [0.15, 0.2) is 0 Å². The minimum atomic E-state index is -3.77. The molecule has 0 saturated carbocycles. The molecule has 5 nitrogen and oxygen atoms in total. The number of carbonyl (C=O) groups is 1. The van der Waals surface area contributed by atoms with Crippen molar-refractivity contribution in [3.8, 4) is 0 Å². The van der Waals surface area contributed by atoms with Crippen molar-refractivity contribution in [1.29, 1.82) is 0 Å². The Labute approximate surface area is 207 Å². The van der Waals surface area contributed by atoms with E-state index in [0.717, 1.165) is 42.4 Å². The van der Waals surface area contributed by atoms with Crippen LogP contribution in [0.4, 0.5) is 0 Å². The predicted molar refractivity (Wildman–Crippen MR) is 137 cm³/mol. The molecule has 1 amide bonds. The van der Waals surface area contributed by atoms with Gasteiger partial charge in [-0.05, 0) is 60.0 Å². The number of benzene rings is 2. The standard InChI is InChI=1S/C27H32N2O3S2/c1-3-4-10-17-28(34(31,32)22-12-6-5-7-13-22)20-26(30)29-18-15-25-24(16-19-33-25)27(29)23-14-9-8-11-21(23)2/h5-9,11-14,16,19,27H,3-4,10,15,17-18,20H2,1-2H3. The van der Waals surface area contributed by atoms with E-state index in [2.05, 4.69) is 37.4 Å². The second-order valence-electron chi connectivity index (χ2n) is 8.75. The van der Waals surface area contributed by atoms with Crippen LogP contribution in [0, 0.1) is 6.92 Å². The summed E-state index contributed by atoms with van der Waals surface area (Å²) in [5.74, 6) is -0.152. The summed E-state index contributed by atoms with van der Waals surface area (Å²) >= 11 is 1.73. The molecule has 0 aliphatic carbocycles. The van der Waals surface area contributed by atoms with Crippen LogP contribution >= 0.6 is 11.3 Å². The topological polar surface area (TPSA) is 57.7 Å². The average molecular weight is 497 g/mol. The molecule has 3 aromatic rings. The lowest BCUT2D eigenvalue weighted by atomic mass is 9.90. The van der Waals surface area contributed by atoms with Crippen LogP contribution in [0.2, 0.25) is 0 Å². The van der Waals surface area contributed by atoms with Gasteiger partial charge in [-0.2, -0.15) is 4.31 Å². The Kier molecular flexibility index (Phi) is 7.86. The third-order valence-corrected chi connectivity index (χ3v) is 9.33. The van der Waals surface area contributed by atoms with Crippen LogP contribution < -0.4 is 0 Å². The summed E-state index contributed by atoms with van der Waals surface area (Å²) in [6.07, 6.45) is 3.42. The van der Waals surface area contributed by atoms with Gasteiger partial charge in [-0.25, -0.2) is 8.42 Å². The van der Waals surface area contributed by atoms with Crippen molar-refractivity contribution in [3.05, 3.63) is 87.6 Å². The number of fused-ring (bicyclic) bond motifs is 1. The molecule has 7 heteroatoms. The van der Waals surface area contributed by atoms with E-state index in [-0.39, 0.29) is 23.4 Å². The first-order valence-corrected chi connectivity index (χ1v) is 14.2. The molecule has 1 unspecified atom stereocenters. The molecule has 2 heterocycles. The first kappa shape index (κ1) is 24.6. The fraction of sp³-hybridized carbons (Fsp3) is 0.370. The summed E-state index contributed by atoms with van der Waals surface area (Å²) in [4.78, 5) is 17.2. The highest BCUT2D eigenvalue weighted by Crippen LogP contribution is 2.39. The number of thiophene rings is 1. The number of hydrogen-bond acceptors (Lipinski definition) is 4. The van der Waals surface area contributed by atoms with Crippen LogP contribution in [-0.2, 0) is 21.2 Å². The van der Waals surface area contributed by atoms with E-state index in [1.54, 1.807) is 41.7 Å². The van der Waals surface area contributed by atoms with E-state index in [1.165, 1.54) is 9.18 Å². The third kappa shape index (κ3) is 5.11. The van der Waals surface area contributed by atoms with Gasteiger partial charge in [0.05, 0.1) is 17.5 Å². The summed E-state index contributed by atoms with van der Waals surface area (Å²) in [7, 11) is -3.77. The SMILES string of the molecule is CCCCCN(CC(=O)N1CCc2sccc2C1c1ccccc1C)S(=O)(=O)c1ccccc1. The lowest BCUT2D eigenvalue weighted by Gasteiger charge is -2.38. The van der Waals surface area contributed by atoms with Crippen LogP contribution in [0.5, 0.6) is 0 Å². The molecule has 0 saturated heterocycles. The Balaban J connectivity index is 1.65. The van der Waals surface area contributed by atoms with Crippen molar-refractivity contribution in [2.24, 2.45) is 0 Å². The first-order chi connectivity index (χ1) is 16.4. The zero-order valence-electron chi connectivity index (χ0n) is 19.8. The minimum Gasteiger partial charge on any atom is -0.330 e. The van der Waals surface area contributed by atoms with E-state index in [9.17, 15) is 13.2 Å². The Morgan fingerprint density at radius 3 is 2.50 bits per heavy atom. The van der Waals surface area contributed by atoms with E-state index in [1.807, 2.05) is 17.0 Å². The number of unbranched alkanes of at least 4 members (excludes halogenated alkanes) is 2. The van der Waals surface area contributed by atoms with E-state index in [4.69, 9.17) is 0 Å². The summed E-state index contributed by atoms with van der Waals surface area (Å²) in [5.41, 5.74) is 3.38. The van der Waals surface area contributed by atoms with Gasteiger partial charge in [0.25, 0.3) is 0 Å². The van der Waals surface area contributed by atoms with E-state index >= 15 is 0 Å². The average Bonchev–Trinajstić information content (AvgIpc) is 3.33. The van der Waals surface area contributed by atoms with Gasteiger partial charge in [0, 0.05) is 18.0 Å². The zero-order valence-corrected chi connectivity index (χ0v) is 21.4. The normalized spacial score (nSPS) is 16.0. The summed E-state index contributed by atoms with van der Waals surface area (Å²) in [6.45, 7) is 4.92. The largest absolute Gasteiger partial charge is 0.330 e. The molecule has 1 aromatic heterocycles. The Hall–Kier alpha value is -2.48. The highest BCUT2D eigenvalue weighted by molar-refractivity contribution is 7.89. The van der Waals surface area contributed by atoms with Crippen LogP contribution in [0.25, 0.3) is 0 Å². The lowest BCUT2D eigenvalue weighted by Crippen LogP contribution is -2.47. The lowest BCUT2D eigenvalue weighted by molar-refractivity contribution is -0.133. The molecule has 1 atom stereocenters. The maximum atomic E-state index is 13.8. The second kappa shape index (κ2) is 10.8. The molecule has 180 valence electrons. The molecule has 4 rings (SSSR count). The molecule has 0 radical (unpaired) electrons. The smallest absolute Gasteiger partial charge is 0.243 e. The van der Waals surface area contributed by atoms with Crippen molar-refractivity contribution in [3.63, 3.8) is 0 Å². The van der Waals surface area contributed by atoms with Crippen molar-refractivity contribution in [1.82, 2.24) is 9.21 Å². The molecular formula is C27H32N2O3S2. The van der Waals surface area contributed by atoms with Crippen LogP contribution in [0.1, 0.15) is 53.8 Å². The second-order valence-corrected chi connectivity index (χ2v) is 11.7. The van der Waals surface area contributed by atoms with Crippen molar-refractivity contribution < 1.29 is 13.2 Å². The molecule has 1 aliphatic rings. The van der Waals surface area contributed by atoms with Gasteiger partial charge in [0.2, 0.25) is 15.9 Å². The highest BCUT2D eigenvalue weighted by atomic mass is 32.2. The van der Waals surface area contributed by atoms with Gasteiger partial charge in [-0.1, -0.05) is 62.2 Å². The predicted octanol–water partition coefficient (Wildman–Crippen LogP) is 5.41. The molecule has 1 aliphatic heterocycles. The van der Waals surface area contributed by atoms with Crippen LogP contribution in [-0.4, -0.2) is 43.2 Å². The number of nitrogens with zero attached hydrogens (tertiary/aromatic N) is 2. The number of carbonyl (C=O) groups excluding carboxylic acids is 1. The summed E-state index contributed by atoms with van der Waals surface area (Å²) in [5, 5.41) is 2.08. The Morgan fingerprint density at radius 2 is 1.76 bits per heavy atom. The van der Waals surface area contributed by atoms with Gasteiger partial charge in [-0.15, -0.1) is 11.3 Å². The number of sulfonamides is 1. The molecule has 2 aromatic carbocycles. The zero-order chi connectivity index (χ0) is 24.1. The van der Waals surface area contributed by atoms with Crippen LogP contribution in [0.3, 0.4) is 0 Å². The Bertz CT molecular complexity index is 1220. The number of aryl methyl sites for hydroxylation is 1. The third-order valence-electron chi connectivity index (χ3n) is 6.47. The van der Waals surface area contributed by atoms with Gasteiger partial charge in [-0.3, -0.25) is 4.79 Å². The number of hydrogen-bond donors (Lipinski definition) is 0. The summed E-state index contributed by atoms with van der Waals surface area (Å²) < 4.78 is 28.3.